The van der Waals surface area contributed by atoms with E-state index < -0.39 is 5.60 Å². The van der Waals surface area contributed by atoms with Crippen LogP contribution in [0, 0.1) is 0 Å². The van der Waals surface area contributed by atoms with Crippen LogP contribution < -0.4 is 0 Å². The minimum Gasteiger partial charge on any atom is -0.447 e. The summed E-state index contributed by atoms with van der Waals surface area (Å²) in [6.07, 6.45) is 1.27. The first kappa shape index (κ1) is 10.1. The summed E-state index contributed by atoms with van der Waals surface area (Å²) < 4.78 is 5.62. The number of hydrogen-bond acceptors (Lipinski definition) is 4. The molecule has 1 aliphatic rings. The van der Waals surface area contributed by atoms with Crippen LogP contribution in [0.5, 0.6) is 0 Å². The lowest BCUT2D eigenvalue weighted by molar-refractivity contribution is -0.145. The fourth-order valence-electron chi connectivity index (χ4n) is 2.06. The minimum atomic E-state index is -0.501. The van der Waals surface area contributed by atoms with E-state index in [-0.39, 0.29) is 5.97 Å². The maximum atomic E-state index is 11.4. The van der Waals surface area contributed by atoms with Crippen LogP contribution in [0.2, 0.25) is 0 Å². The Balaban J connectivity index is 2.12. The predicted octanol–water partition coefficient (Wildman–Crippen LogP) is 3.39. The number of carbonyl (C=O) groups excluding carboxylic acids is 1. The number of cyclic esters (lactones) is 1. The number of thiophene rings is 2. The molecule has 0 atom stereocenters. The molecule has 0 saturated carbocycles. The molecule has 1 aliphatic heterocycles. The van der Waals surface area contributed by atoms with Crippen LogP contribution in [-0.4, -0.2) is 5.97 Å². The SMILES string of the molecule is O=C1CCC(c2cccs2)(c2cccs2)O1. The Labute approximate surface area is 101 Å². The maximum Gasteiger partial charge on any atom is 0.307 e. The van der Waals surface area contributed by atoms with Gasteiger partial charge in [0.25, 0.3) is 0 Å². The topological polar surface area (TPSA) is 26.3 Å². The van der Waals surface area contributed by atoms with Gasteiger partial charge in [-0.3, -0.25) is 4.79 Å². The highest BCUT2D eigenvalue weighted by molar-refractivity contribution is 7.11. The Morgan fingerprint density at radius 2 is 1.75 bits per heavy atom. The fraction of sp³-hybridized carbons (Fsp3) is 0.250. The molecule has 82 valence electrons. The van der Waals surface area contributed by atoms with Gasteiger partial charge in [0, 0.05) is 6.42 Å². The Hall–Kier alpha value is -1.13. The molecule has 0 aromatic carbocycles. The lowest BCUT2D eigenvalue weighted by Gasteiger charge is -2.25. The van der Waals surface area contributed by atoms with Gasteiger partial charge in [0.05, 0.1) is 16.2 Å². The van der Waals surface area contributed by atoms with E-state index in [1.807, 2.05) is 35.0 Å². The van der Waals surface area contributed by atoms with Crippen molar-refractivity contribution in [2.45, 2.75) is 18.4 Å². The normalized spacial score (nSPS) is 18.6. The third-order valence-electron chi connectivity index (χ3n) is 2.81. The number of carbonyl (C=O) groups is 1. The molecule has 1 saturated heterocycles. The van der Waals surface area contributed by atoms with Crippen molar-refractivity contribution in [2.75, 3.05) is 0 Å². The van der Waals surface area contributed by atoms with E-state index in [4.69, 9.17) is 4.74 Å². The van der Waals surface area contributed by atoms with Crippen molar-refractivity contribution in [1.29, 1.82) is 0 Å². The van der Waals surface area contributed by atoms with Gasteiger partial charge < -0.3 is 4.74 Å². The first-order valence-electron chi connectivity index (χ1n) is 5.11. The summed E-state index contributed by atoms with van der Waals surface area (Å²) in [7, 11) is 0. The van der Waals surface area contributed by atoms with Gasteiger partial charge in [-0.25, -0.2) is 0 Å². The van der Waals surface area contributed by atoms with E-state index in [1.54, 1.807) is 22.7 Å². The number of ether oxygens (including phenoxy) is 1. The number of hydrogen-bond donors (Lipinski definition) is 0. The van der Waals surface area contributed by atoms with Gasteiger partial charge in [-0.05, 0) is 22.9 Å². The minimum absolute atomic E-state index is 0.0956. The average Bonchev–Trinajstić information content (AvgIpc) is 2.99. The van der Waals surface area contributed by atoms with Crippen LogP contribution in [0.1, 0.15) is 22.6 Å². The van der Waals surface area contributed by atoms with Crippen molar-refractivity contribution in [2.24, 2.45) is 0 Å². The van der Waals surface area contributed by atoms with Crippen LogP contribution in [0.25, 0.3) is 0 Å². The van der Waals surface area contributed by atoms with Crippen molar-refractivity contribution < 1.29 is 9.53 Å². The first-order chi connectivity index (χ1) is 7.81. The van der Waals surface area contributed by atoms with Gasteiger partial charge in [-0.1, -0.05) is 12.1 Å². The van der Waals surface area contributed by atoms with Gasteiger partial charge in [-0.15, -0.1) is 22.7 Å². The molecule has 0 unspecified atom stereocenters. The van der Waals surface area contributed by atoms with Crippen LogP contribution in [0.4, 0.5) is 0 Å². The van der Waals surface area contributed by atoms with Crippen LogP contribution in [-0.2, 0) is 15.1 Å². The van der Waals surface area contributed by atoms with Crippen molar-refractivity contribution in [3.63, 3.8) is 0 Å². The molecular formula is C12H10O2S2. The summed E-state index contributed by atoms with van der Waals surface area (Å²) in [5.74, 6) is -0.0956. The molecule has 0 amide bonds. The van der Waals surface area contributed by atoms with E-state index in [1.165, 1.54) is 0 Å². The van der Waals surface area contributed by atoms with Crippen LogP contribution in [0.3, 0.4) is 0 Å². The third-order valence-corrected chi connectivity index (χ3v) is 4.83. The highest BCUT2D eigenvalue weighted by Crippen LogP contribution is 2.46. The smallest absolute Gasteiger partial charge is 0.307 e. The highest BCUT2D eigenvalue weighted by Gasteiger charge is 2.45. The molecule has 1 fully saturated rings. The van der Waals surface area contributed by atoms with Crippen molar-refractivity contribution >= 4 is 28.6 Å². The summed E-state index contributed by atoms with van der Waals surface area (Å²) in [5, 5.41) is 4.05. The lowest BCUT2D eigenvalue weighted by Crippen LogP contribution is -2.24. The Morgan fingerprint density at radius 3 is 2.12 bits per heavy atom. The molecule has 0 N–H and O–H groups in total. The summed E-state index contributed by atoms with van der Waals surface area (Å²) >= 11 is 3.30. The van der Waals surface area contributed by atoms with Gasteiger partial charge in [0.15, 0.2) is 5.60 Å². The molecule has 3 rings (SSSR count). The molecule has 0 spiro atoms. The zero-order chi connectivity index (χ0) is 11.0. The second-order valence-electron chi connectivity index (χ2n) is 3.76. The molecule has 3 heterocycles. The van der Waals surface area contributed by atoms with Gasteiger partial charge in [0.1, 0.15) is 0 Å². The molecule has 2 aromatic heterocycles. The monoisotopic (exact) mass is 250 g/mol. The van der Waals surface area contributed by atoms with E-state index in [2.05, 4.69) is 0 Å². The Kier molecular flexibility index (Phi) is 2.33. The number of esters is 1. The molecule has 4 heteroatoms. The van der Waals surface area contributed by atoms with Crippen molar-refractivity contribution in [3.8, 4) is 0 Å². The van der Waals surface area contributed by atoms with E-state index >= 15 is 0 Å². The standard InChI is InChI=1S/C12H10O2S2/c13-11-5-6-12(14-11,9-3-1-7-15-9)10-4-2-8-16-10/h1-4,7-8H,5-6H2. The van der Waals surface area contributed by atoms with Gasteiger partial charge >= 0.3 is 5.97 Å². The Bertz CT molecular complexity index is 451. The second-order valence-corrected chi connectivity index (χ2v) is 5.65. The number of rotatable bonds is 2. The predicted molar refractivity (Wildman–Crippen MR) is 64.7 cm³/mol. The lowest BCUT2D eigenvalue weighted by atomic mass is 9.96. The van der Waals surface area contributed by atoms with E-state index in [0.717, 1.165) is 16.2 Å². The largest absolute Gasteiger partial charge is 0.447 e. The quantitative estimate of drug-likeness (QED) is 0.764. The summed E-state index contributed by atoms with van der Waals surface area (Å²) in [5.41, 5.74) is -0.501. The first-order valence-corrected chi connectivity index (χ1v) is 6.87. The average molecular weight is 250 g/mol. The van der Waals surface area contributed by atoms with E-state index in [0.29, 0.717) is 6.42 Å². The molecule has 2 aromatic rings. The maximum absolute atomic E-state index is 11.4. The Morgan fingerprint density at radius 1 is 1.12 bits per heavy atom. The highest BCUT2D eigenvalue weighted by atomic mass is 32.1. The van der Waals surface area contributed by atoms with E-state index in [9.17, 15) is 4.79 Å². The summed E-state index contributed by atoms with van der Waals surface area (Å²) in [4.78, 5) is 13.7. The molecular weight excluding hydrogens is 240 g/mol. The van der Waals surface area contributed by atoms with Crippen LogP contribution >= 0.6 is 22.7 Å². The third kappa shape index (κ3) is 1.41. The molecule has 2 nitrogen and oxygen atoms in total. The van der Waals surface area contributed by atoms with Gasteiger partial charge in [0.2, 0.25) is 0 Å². The second kappa shape index (κ2) is 3.71. The molecule has 0 radical (unpaired) electrons. The van der Waals surface area contributed by atoms with Gasteiger partial charge in [-0.2, -0.15) is 0 Å². The van der Waals surface area contributed by atoms with Crippen molar-refractivity contribution in [3.05, 3.63) is 44.8 Å². The van der Waals surface area contributed by atoms with Crippen molar-refractivity contribution in [1.82, 2.24) is 0 Å². The zero-order valence-corrected chi connectivity index (χ0v) is 10.1. The van der Waals surface area contributed by atoms with Crippen LogP contribution in [0.15, 0.2) is 35.0 Å². The summed E-state index contributed by atoms with van der Waals surface area (Å²) in [6.45, 7) is 0. The zero-order valence-electron chi connectivity index (χ0n) is 8.51. The molecule has 0 bridgehead atoms. The summed E-state index contributed by atoms with van der Waals surface area (Å²) in [6, 6.07) is 8.09. The molecule has 16 heavy (non-hydrogen) atoms. The fourth-order valence-corrected chi connectivity index (χ4v) is 3.93. The molecule has 0 aliphatic carbocycles.